The lowest BCUT2D eigenvalue weighted by atomic mass is 10.2. The number of amides is 1. The lowest BCUT2D eigenvalue weighted by Gasteiger charge is -2.10. The Hall–Kier alpha value is -1.62. The maximum absolute atomic E-state index is 11.6. The number of rotatable bonds is 3. The average Bonchev–Trinajstić information content (AvgIpc) is 2.79. The van der Waals surface area contributed by atoms with Crippen LogP contribution in [0, 0.1) is 0 Å². The lowest BCUT2D eigenvalue weighted by molar-refractivity contribution is 0.0851. The fourth-order valence-electron chi connectivity index (χ4n) is 1.67. The molecule has 1 aromatic heterocycles. The summed E-state index contributed by atoms with van der Waals surface area (Å²) in [6.45, 7) is 1.23. The molecule has 0 spiro atoms. The molecule has 1 aromatic rings. The molecule has 2 N–H and O–H groups in total. The first-order valence-corrected chi connectivity index (χ1v) is 5.31. The van der Waals surface area contributed by atoms with Crippen LogP contribution in [0.25, 0.3) is 0 Å². The van der Waals surface area contributed by atoms with E-state index in [1.807, 2.05) is 0 Å². The van der Waals surface area contributed by atoms with Crippen molar-refractivity contribution in [3.05, 3.63) is 24.0 Å². The minimum Gasteiger partial charge on any atom is -0.505 e. The molecule has 5 heteroatoms. The summed E-state index contributed by atoms with van der Waals surface area (Å²) in [7, 11) is 0. The predicted octanol–water partition coefficient (Wildman–Crippen LogP) is 0.696. The number of ether oxygens (including phenoxy) is 1. The maximum atomic E-state index is 11.6. The van der Waals surface area contributed by atoms with Gasteiger partial charge in [-0.05, 0) is 25.0 Å². The highest BCUT2D eigenvalue weighted by molar-refractivity contribution is 5.94. The van der Waals surface area contributed by atoms with E-state index < -0.39 is 0 Å². The largest absolute Gasteiger partial charge is 0.505 e. The van der Waals surface area contributed by atoms with E-state index in [-0.39, 0.29) is 23.5 Å². The summed E-state index contributed by atoms with van der Waals surface area (Å²) in [4.78, 5) is 15.5. The van der Waals surface area contributed by atoms with Gasteiger partial charge in [0.2, 0.25) is 0 Å². The van der Waals surface area contributed by atoms with E-state index in [0.29, 0.717) is 6.54 Å². The first kappa shape index (κ1) is 10.9. The number of aromatic nitrogens is 1. The maximum Gasteiger partial charge on any atom is 0.273 e. The topological polar surface area (TPSA) is 71.5 Å². The quantitative estimate of drug-likeness (QED) is 0.789. The Morgan fingerprint density at radius 3 is 3.25 bits per heavy atom. The molecule has 0 radical (unpaired) electrons. The van der Waals surface area contributed by atoms with Crippen LogP contribution in [0.1, 0.15) is 23.3 Å². The predicted molar refractivity (Wildman–Crippen MR) is 57.2 cm³/mol. The standard InChI is InChI=1S/C11H14N2O3/c14-9-4-1-5-12-10(9)11(15)13-7-8-3-2-6-16-8/h1,4-5,8,14H,2-3,6-7H2,(H,13,15). The van der Waals surface area contributed by atoms with Crippen molar-refractivity contribution < 1.29 is 14.6 Å². The second-order valence-electron chi connectivity index (χ2n) is 3.72. The summed E-state index contributed by atoms with van der Waals surface area (Å²) in [5.41, 5.74) is 0.0560. The second-order valence-corrected chi connectivity index (χ2v) is 3.72. The van der Waals surface area contributed by atoms with E-state index in [0.717, 1.165) is 19.4 Å². The molecule has 1 saturated heterocycles. The number of nitrogens with zero attached hydrogens (tertiary/aromatic N) is 1. The highest BCUT2D eigenvalue weighted by Crippen LogP contribution is 2.13. The van der Waals surface area contributed by atoms with Gasteiger partial charge >= 0.3 is 0 Å². The number of nitrogens with one attached hydrogen (secondary N) is 1. The Labute approximate surface area is 93.5 Å². The molecule has 86 valence electrons. The molecule has 2 heterocycles. The lowest BCUT2D eigenvalue weighted by Crippen LogP contribution is -2.32. The van der Waals surface area contributed by atoms with Crippen molar-refractivity contribution in [2.45, 2.75) is 18.9 Å². The molecule has 0 aliphatic carbocycles. The Morgan fingerprint density at radius 2 is 2.56 bits per heavy atom. The fraction of sp³-hybridized carbons (Fsp3) is 0.455. The number of hydrogen-bond donors (Lipinski definition) is 2. The van der Waals surface area contributed by atoms with Gasteiger partial charge in [0.15, 0.2) is 5.69 Å². The zero-order chi connectivity index (χ0) is 11.4. The normalized spacial score (nSPS) is 19.6. The SMILES string of the molecule is O=C(NCC1CCCO1)c1ncccc1O. The number of pyridine rings is 1. The van der Waals surface area contributed by atoms with Crippen molar-refractivity contribution in [3.63, 3.8) is 0 Å². The molecule has 1 aliphatic rings. The highest BCUT2D eigenvalue weighted by atomic mass is 16.5. The van der Waals surface area contributed by atoms with Crippen LogP contribution in [0.5, 0.6) is 5.75 Å². The number of carbonyl (C=O) groups excluding carboxylic acids is 1. The molecular formula is C11H14N2O3. The van der Waals surface area contributed by atoms with Crippen molar-refractivity contribution >= 4 is 5.91 Å². The van der Waals surface area contributed by atoms with Gasteiger partial charge in [-0.1, -0.05) is 0 Å². The zero-order valence-electron chi connectivity index (χ0n) is 8.85. The van der Waals surface area contributed by atoms with Crippen molar-refractivity contribution in [2.24, 2.45) is 0 Å². The van der Waals surface area contributed by atoms with E-state index in [2.05, 4.69) is 10.3 Å². The molecule has 5 nitrogen and oxygen atoms in total. The van der Waals surface area contributed by atoms with Gasteiger partial charge in [0.05, 0.1) is 6.10 Å². The summed E-state index contributed by atoms with van der Waals surface area (Å²) >= 11 is 0. The third kappa shape index (κ3) is 2.49. The minimum absolute atomic E-state index is 0.0560. The van der Waals surface area contributed by atoms with Gasteiger partial charge in [-0.2, -0.15) is 0 Å². The minimum atomic E-state index is -0.367. The van der Waals surface area contributed by atoms with Gasteiger partial charge < -0.3 is 15.2 Å². The average molecular weight is 222 g/mol. The third-order valence-electron chi connectivity index (χ3n) is 2.52. The molecule has 0 aromatic carbocycles. The van der Waals surface area contributed by atoms with E-state index in [4.69, 9.17) is 4.74 Å². The number of aromatic hydroxyl groups is 1. The third-order valence-corrected chi connectivity index (χ3v) is 2.52. The summed E-state index contributed by atoms with van der Waals surface area (Å²) in [6.07, 6.45) is 3.57. The number of carbonyl (C=O) groups is 1. The molecule has 1 fully saturated rings. The van der Waals surface area contributed by atoms with E-state index in [1.54, 1.807) is 6.07 Å². The summed E-state index contributed by atoms with van der Waals surface area (Å²) in [5, 5.41) is 12.1. The molecule has 1 atom stereocenters. The van der Waals surface area contributed by atoms with E-state index >= 15 is 0 Å². The first-order chi connectivity index (χ1) is 7.77. The van der Waals surface area contributed by atoms with Crippen molar-refractivity contribution in [3.8, 4) is 5.75 Å². The molecule has 1 amide bonds. The van der Waals surface area contributed by atoms with Crippen LogP contribution >= 0.6 is 0 Å². The molecule has 0 bridgehead atoms. The van der Waals surface area contributed by atoms with Gasteiger partial charge in [-0.25, -0.2) is 4.98 Å². The van der Waals surface area contributed by atoms with Crippen LogP contribution in [0.4, 0.5) is 0 Å². The molecular weight excluding hydrogens is 208 g/mol. The second kappa shape index (κ2) is 4.94. The Bertz CT molecular complexity index is 375. The molecule has 0 saturated carbocycles. The molecule has 1 unspecified atom stereocenters. The van der Waals surface area contributed by atoms with Gasteiger partial charge in [0, 0.05) is 19.3 Å². The Balaban J connectivity index is 1.90. The first-order valence-electron chi connectivity index (χ1n) is 5.31. The van der Waals surface area contributed by atoms with Gasteiger partial charge in [-0.3, -0.25) is 4.79 Å². The van der Waals surface area contributed by atoms with Gasteiger partial charge in [0.25, 0.3) is 5.91 Å². The number of hydrogen-bond acceptors (Lipinski definition) is 4. The Morgan fingerprint density at radius 1 is 1.69 bits per heavy atom. The summed E-state index contributed by atoms with van der Waals surface area (Å²) in [5.74, 6) is -0.471. The van der Waals surface area contributed by atoms with Crippen LogP contribution in [-0.2, 0) is 4.74 Å². The van der Waals surface area contributed by atoms with Crippen molar-refractivity contribution in [1.29, 1.82) is 0 Å². The van der Waals surface area contributed by atoms with Crippen LogP contribution < -0.4 is 5.32 Å². The highest BCUT2D eigenvalue weighted by Gasteiger charge is 2.18. The Kier molecular flexibility index (Phi) is 3.36. The fourth-order valence-corrected chi connectivity index (χ4v) is 1.67. The van der Waals surface area contributed by atoms with Crippen molar-refractivity contribution in [1.82, 2.24) is 10.3 Å². The van der Waals surface area contributed by atoms with Gasteiger partial charge in [-0.15, -0.1) is 0 Å². The van der Waals surface area contributed by atoms with Crippen LogP contribution in [0.2, 0.25) is 0 Å². The van der Waals surface area contributed by atoms with Crippen LogP contribution in [0.3, 0.4) is 0 Å². The van der Waals surface area contributed by atoms with Gasteiger partial charge in [0.1, 0.15) is 5.75 Å². The molecule has 1 aliphatic heterocycles. The van der Waals surface area contributed by atoms with Crippen molar-refractivity contribution in [2.75, 3.05) is 13.2 Å². The summed E-state index contributed by atoms with van der Waals surface area (Å²) < 4.78 is 5.37. The molecule has 16 heavy (non-hydrogen) atoms. The van der Waals surface area contributed by atoms with E-state index in [1.165, 1.54) is 12.3 Å². The molecule has 2 rings (SSSR count). The smallest absolute Gasteiger partial charge is 0.273 e. The summed E-state index contributed by atoms with van der Waals surface area (Å²) in [6, 6.07) is 3.01. The zero-order valence-corrected chi connectivity index (χ0v) is 8.85. The van der Waals surface area contributed by atoms with Crippen LogP contribution in [-0.4, -0.2) is 35.3 Å². The van der Waals surface area contributed by atoms with E-state index in [9.17, 15) is 9.90 Å². The van der Waals surface area contributed by atoms with Crippen LogP contribution in [0.15, 0.2) is 18.3 Å². The monoisotopic (exact) mass is 222 g/mol.